The number of carbonyl (C=O) groups excluding carboxylic acids is 5. The van der Waals surface area contributed by atoms with Crippen molar-refractivity contribution in [1.82, 2.24) is 4.90 Å². The number of rotatable bonds is 13. The Bertz CT molecular complexity index is 1890. The molecule has 15 atom stereocenters. The van der Waals surface area contributed by atoms with Gasteiger partial charge in [-0.2, -0.15) is 0 Å². The molecular formula is C56H88INO14. The van der Waals surface area contributed by atoms with E-state index in [1.54, 1.807) is 41.1 Å². The molecule has 408 valence electrons. The minimum atomic E-state index is -2.45. The van der Waals surface area contributed by atoms with Crippen LogP contribution in [0.3, 0.4) is 0 Å². The molecule has 4 rings (SSSR count). The molecule has 15 nitrogen and oxygen atoms in total. The molecule has 1 saturated carbocycles. The Morgan fingerprint density at radius 2 is 1.60 bits per heavy atom. The molecule has 2 saturated heterocycles. The Hall–Kier alpha value is -2.68. The molecule has 0 aromatic carbocycles. The molecule has 3 aliphatic heterocycles. The van der Waals surface area contributed by atoms with Crippen molar-refractivity contribution in [3.05, 3.63) is 47.6 Å². The molecule has 0 radical (unpaired) electrons. The fourth-order valence-corrected chi connectivity index (χ4v) is 11.1. The Labute approximate surface area is 443 Å². The molecule has 12 unspecified atom stereocenters. The lowest BCUT2D eigenvalue weighted by Gasteiger charge is -2.43. The highest BCUT2D eigenvalue weighted by Crippen LogP contribution is 2.38. The number of hydrogen-bond acceptors (Lipinski definition) is 14. The molecule has 2 bridgehead atoms. The number of piperidine rings is 1. The summed E-state index contributed by atoms with van der Waals surface area (Å²) in [7, 11) is 4.67. The number of ether oxygens (including phenoxy) is 7. The Morgan fingerprint density at radius 1 is 0.847 bits per heavy atom. The van der Waals surface area contributed by atoms with Crippen LogP contribution in [-0.4, -0.2) is 151 Å². The maximum absolute atomic E-state index is 14.6. The third-order valence-corrected chi connectivity index (χ3v) is 16.1. The van der Waals surface area contributed by atoms with E-state index >= 15 is 0 Å². The highest BCUT2D eigenvalue weighted by molar-refractivity contribution is 14.1. The predicted molar refractivity (Wildman–Crippen MR) is 283 cm³/mol. The molecular weight excluding hydrogens is 1040 g/mol. The summed E-state index contributed by atoms with van der Waals surface area (Å²) in [6, 6.07) is -1.14. The number of aliphatic hydroxyl groups excluding tert-OH is 1. The fraction of sp³-hybridized carbons (Fsp3) is 0.768. The van der Waals surface area contributed by atoms with Crippen LogP contribution < -0.4 is 0 Å². The van der Waals surface area contributed by atoms with Crippen molar-refractivity contribution in [2.75, 3.05) is 52.1 Å². The van der Waals surface area contributed by atoms with Gasteiger partial charge in [0.05, 0.1) is 37.6 Å². The Balaban J connectivity index is 1.71. The summed E-state index contributed by atoms with van der Waals surface area (Å²) in [6.45, 7) is 14.2. The van der Waals surface area contributed by atoms with E-state index in [-0.39, 0.29) is 73.9 Å². The summed E-state index contributed by atoms with van der Waals surface area (Å²) in [5, 5.41) is 23.6. The van der Waals surface area contributed by atoms with Gasteiger partial charge in [0.2, 0.25) is 5.79 Å². The van der Waals surface area contributed by atoms with Crippen LogP contribution in [-0.2, 0) is 57.1 Å². The molecule has 0 aromatic heterocycles. The van der Waals surface area contributed by atoms with Crippen LogP contribution in [0.5, 0.6) is 0 Å². The molecule has 0 spiro atoms. The SMILES string of the molecule is COCCOC1CC2CCC(C)C(O)(O2)C(=O)C(=O)N2CCCCC2C(=O)OC(C(C)C[C@@H]2CC[C@@H](OCCCI)[C@H](OC)C2)CC(=O)C(C)C=C(C)C(O)C(OC)C(=O)C(C)CC(C)C=CC=CC=C1C. The van der Waals surface area contributed by atoms with Crippen LogP contribution in [0, 0.1) is 35.5 Å². The van der Waals surface area contributed by atoms with Crippen LogP contribution in [0.2, 0.25) is 0 Å². The lowest BCUT2D eigenvalue weighted by molar-refractivity contribution is -0.266. The number of halogens is 1. The Kier molecular flexibility index (Phi) is 26.4. The largest absolute Gasteiger partial charge is 0.460 e. The molecule has 16 heteroatoms. The normalized spacial score (nSPS) is 35.3. The first kappa shape index (κ1) is 61.9. The number of cyclic esters (lactones) is 1. The van der Waals surface area contributed by atoms with Crippen molar-refractivity contribution in [2.24, 2.45) is 35.5 Å². The van der Waals surface area contributed by atoms with Crippen LogP contribution in [0.15, 0.2) is 47.6 Å². The summed E-state index contributed by atoms with van der Waals surface area (Å²) in [5.74, 6) is -7.85. The zero-order valence-electron chi connectivity index (χ0n) is 44.9. The number of ketones is 3. The van der Waals surface area contributed by atoms with Gasteiger partial charge in [0.15, 0.2) is 5.78 Å². The number of amides is 1. The number of carbonyl (C=O) groups is 5. The Morgan fingerprint density at radius 3 is 2.29 bits per heavy atom. The monoisotopic (exact) mass is 1130 g/mol. The number of esters is 1. The first-order chi connectivity index (χ1) is 34.3. The molecule has 1 aliphatic carbocycles. The number of aliphatic hydroxyl groups is 2. The van der Waals surface area contributed by atoms with Gasteiger partial charge in [0.25, 0.3) is 11.7 Å². The molecule has 0 aromatic rings. The lowest BCUT2D eigenvalue weighted by Crippen LogP contribution is -2.61. The first-order valence-corrected chi connectivity index (χ1v) is 28.1. The number of nitrogens with zero attached hydrogens (tertiary/aromatic N) is 1. The van der Waals surface area contributed by atoms with Gasteiger partial charge < -0.3 is 48.3 Å². The maximum atomic E-state index is 14.6. The second-order valence-corrected chi connectivity index (χ2v) is 22.2. The van der Waals surface area contributed by atoms with Gasteiger partial charge in [-0.3, -0.25) is 19.2 Å². The maximum Gasteiger partial charge on any atom is 0.329 e. The number of methoxy groups -OCH3 is 3. The van der Waals surface area contributed by atoms with Gasteiger partial charge >= 0.3 is 5.97 Å². The lowest BCUT2D eigenvalue weighted by atomic mass is 9.78. The van der Waals surface area contributed by atoms with E-state index in [1.807, 2.05) is 58.1 Å². The van der Waals surface area contributed by atoms with Crippen LogP contribution in [0.1, 0.15) is 132 Å². The van der Waals surface area contributed by atoms with Gasteiger partial charge in [-0.1, -0.05) is 93.7 Å². The highest BCUT2D eigenvalue weighted by atomic mass is 127. The number of allylic oxidation sites excluding steroid dienone is 6. The van der Waals surface area contributed by atoms with E-state index in [0.717, 1.165) is 35.7 Å². The highest BCUT2D eigenvalue weighted by Gasteiger charge is 2.53. The quantitative estimate of drug-likeness (QED) is 0.0449. The minimum absolute atomic E-state index is 0.00824. The zero-order chi connectivity index (χ0) is 53.1. The van der Waals surface area contributed by atoms with Crippen molar-refractivity contribution in [3.8, 4) is 0 Å². The number of fused-ring (bicyclic) bond motifs is 3. The van der Waals surface area contributed by atoms with Crippen LogP contribution in [0.25, 0.3) is 0 Å². The smallest absolute Gasteiger partial charge is 0.329 e. The summed E-state index contributed by atoms with van der Waals surface area (Å²) >= 11 is 2.34. The zero-order valence-corrected chi connectivity index (χ0v) is 47.1. The van der Waals surface area contributed by atoms with Crippen LogP contribution >= 0.6 is 22.6 Å². The summed E-state index contributed by atoms with van der Waals surface area (Å²) < 4.78 is 42.9. The third kappa shape index (κ3) is 17.7. The van der Waals surface area contributed by atoms with E-state index in [2.05, 4.69) is 22.6 Å². The van der Waals surface area contributed by atoms with E-state index in [1.165, 1.54) is 12.0 Å². The fourth-order valence-electron chi connectivity index (χ4n) is 10.8. The van der Waals surface area contributed by atoms with E-state index in [9.17, 15) is 34.2 Å². The second kappa shape index (κ2) is 30.8. The average molecular weight is 1130 g/mol. The summed E-state index contributed by atoms with van der Waals surface area (Å²) in [4.78, 5) is 72.7. The van der Waals surface area contributed by atoms with Crippen molar-refractivity contribution in [3.63, 3.8) is 0 Å². The summed E-state index contributed by atoms with van der Waals surface area (Å²) in [6.07, 6.45) is 13.5. The van der Waals surface area contributed by atoms with Gasteiger partial charge in [-0.05, 0) is 113 Å². The van der Waals surface area contributed by atoms with Gasteiger partial charge in [-0.15, -0.1) is 0 Å². The molecule has 3 heterocycles. The minimum Gasteiger partial charge on any atom is -0.460 e. The molecule has 2 N–H and O–H groups in total. The molecule has 1 amide bonds. The topological polar surface area (TPSA) is 194 Å². The van der Waals surface area contributed by atoms with Crippen molar-refractivity contribution < 1.29 is 67.3 Å². The van der Waals surface area contributed by atoms with Crippen molar-refractivity contribution in [1.29, 1.82) is 0 Å². The van der Waals surface area contributed by atoms with Gasteiger partial charge in [-0.25, -0.2) is 4.79 Å². The van der Waals surface area contributed by atoms with E-state index < -0.39 is 77.8 Å². The van der Waals surface area contributed by atoms with Gasteiger partial charge in [0, 0.05) is 69.5 Å². The number of alkyl halides is 1. The number of Topliss-reactive ketones (excluding diaryl/α,β-unsaturated/α-hetero) is 3. The predicted octanol–water partition coefficient (Wildman–Crippen LogP) is 8.05. The van der Waals surface area contributed by atoms with E-state index in [0.29, 0.717) is 57.3 Å². The van der Waals surface area contributed by atoms with Gasteiger partial charge in [0.1, 0.15) is 30.1 Å². The molecule has 72 heavy (non-hydrogen) atoms. The third-order valence-electron chi connectivity index (χ3n) is 15.4. The van der Waals surface area contributed by atoms with E-state index in [4.69, 9.17) is 33.2 Å². The average Bonchev–Trinajstić information content (AvgIpc) is 3.36. The second-order valence-electron chi connectivity index (χ2n) is 21.1. The standard InChI is InChI=1S/C56H88INO14/c1-35-17-12-11-13-18-36(2)47(70-28-27-66-8)33-43-22-20-41(7)56(65,72-43)53(62)54(63)58-25-15-14-19-44(58)55(64)71-48(38(4)31-42-21-23-46(49(32-42)67-9)69-26-16-24-57)34-45(59)37(3)30-40(6)51(61)52(68-10)50(60)39(5)29-35/h11-13,17-18,30,35,37-39,41-44,46-49,51-52,61,65H,14-16,19-29,31-34H2,1-10H3/t35?,37?,38?,39?,41?,42-,43?,44?,46+,47?,48?,49+,51?,52?,56?/m0/s1. The van der Waals surface area contributed by atoms with Crippen molar-refractivity contribution >= 4 is 51.8 Å². The molecule has 3 fully saturated rings. The number of hydrogen-bond donors (Lipinski definition) is 2. The first-order valence-electron chi connectivity index (χ1n) is 26.5. The van der Waals surface area contributed by atoms with Crippen molar-refractivity contribution in [2.45, 2.75) is 186 Å². The molecule has 4 aliphatic rings. The summed E-state index contributed by atoms with van der Waals surface area (Å²) in [5.41, 5.74) is 1.26. The van der Waals surface area contributed by atoms with Crippen LogP contribution in [0.4, 0.5) is 0 Å².